The Hall–Kier alpha value is -4.20. The van der Waals surface area contributed by atoms with Crippen LogP contribution in [0.2, 0.25) is 0 Å². The van der Waals surface area contributed by atoms with Gasteiger partial charge in [-0.05, 0) is 25.3 Å². The molecular formula is C34H52N8O10. The summed E-state index contributed by atoms with van der Waals surface area (Å²) in [7, 11) is 2.53. The summed E-state index contributed by atoms with van der Waals surface area (Å²) < 4.78 is 0. The van der Waals surface area contributed by atoms with E-state index in [-0.39, 0.29) is 37.4 Å². The molecule has 52 heavy (non-hydrogen) atoms. The number of aliphatic hydroxyl groups is 3. The number of nitrogens with zero attached hydrogens (tertiary/aromatic N) is 5. The van der Waals surface area contributed by atoms with E-state index >= 15 is 0 Å². The van der Waals surface area contributed by atoms with E-state index in [9.17, 15) is 49.3 Å². The van der Waals surface area contributed by atoms with Crippen LogP contribution in [0.5, 0.6) is 0 Å². The number of nitrogens with one attached hydrogen (secondary N) is 3. The van der Waals surface area contributed by atoms with Gasteiger partial charge in [0.05, 0.1) is 24.4 Å². The molecule has 0 radical (unpaired) electrons. The van der Waals surface area contributed by atoms with E-state index in [2.05, 4.69) is 16.2 Å². The van der Waals surface area contributed by atoms with Gasteiger partial charge in [-0.3, -0.25) is 44.0 Å². The van der Waals surface area contributed by atoms with Crippen molar-refractivity contribution in [2.75, 3.05) is 33.7 Å². The number of rotatable bonds is 5. The number of likely N-dealkylation sites (N-methyl/N-ethyl adjacent to an activating group) is 2. The first-order valence-corrected chi connectivity index (χ1v) is 17.5. The Labute approximate surface area is 302 Å². The highest BCUT2D eigenvalue weighted by atomic mass is 16.5. The van der Waals surface area contributed by atoms with Crippen molar-refractivity contribution in [2.45, 2.75) is 101 Å². The van der Waals surface area contributed by atoms with E-state index in [0.29, 0.717) is 12.0 Å². The molecule has 1 aromatic rings. The predicted molar refractivity (Wildman–Crippen MR) is 183 cm³/mol. The number of fused-ring (bicyclic) bond motifs is 2. The van der Waals surface area contributed by atoms with Gasteiger partial charge in [0.15, 0.2) is 0 Å². The molecule has 3 aliphatic rings. The first-order valence-electron chi connectivity index (χ1n) is 17.5. The van der Waals surface area contributed by atoms with Gasteiger partial charge < -0.3 is 30.4 Å². The summed E-state index contributed by atoms with van der Waals surface area (Å²) in [5.41, 5.74) is 4.14. The molecule has 1 aromatic carbocycles. The molecule has 18 heteroatoms. The van der Waals surface area contributed by atoms with Crippen LogP contribution in [0, 0.1) is 5.92 Å². The number of benzene rings is 1. The normalized spacial score (nSPS) is 30.0. The predicted octanol–water partition coefficient (Wildman–Crippen LogP) is -2.65. The molecule has 0 aliphatic carbocycles. The van der Waals surface area contributed by atoms with Gasteiger partial charge >= 0.3 is 0 Å². The fraction of sp³-hybridized carbons (Fsp3) is 0.647. The number of hydroxylamine groups is 2. The number of β-amino-alcohol motifs (C(OH)–C–C–N with tert-alkyl or cyclic N) is 2. The lowest BCUT2D eigenvalue weighted by atomic mass is 9.92. The number of hydrogen-bond donors (Lipinski definition) is 7. The third-order valence-corrected chi connectivity index (χ3v) is 9.89. The van der Waals surface area contributed by atoms with E-state index in [4.69, 9.17) is 0 Å². The van der Waals surface area contributed by atoms with E-state index in [1.807, 2.05) is 0 Å². The van der Waals surface area contributed by atoms with E-state index < -0.39 is 95.9 Å². The smallest absolute Gasteiger partial charge is 0.269 e. The molecule has 8 atom stereocenters. The molecule has 7 N–H and O–H groups in total. The quantitative estimate of drug-likeness (QED) is 0.154. The van der Waals surface area contributed by atoms with Gasteiger partial charge in [0, 0.05) is 46.4 Å². The summed E-state index contributed by atoms with van der Waals surface area (Å²) >= 11 is 0. The van der Waals surface area contributed by atoms with Crippen LogP contribution in [0.4, 0.5) is 0 Å². The fourth-order valence-electron chi connectivity index (χ4n) is 6.93. The maximum Gasteiger partial charge on any atom is 0.269 e. The minimum atomic E-state index is -1.93. The van der Waals surface area contributed by atoms with Crippen LogP contribution in [-0.4, -0.2) is 163 Å². The average molecular weight is 733 g/mol. The Kier molecular flexibility index (Phi) is 13.0. The SMILES string of the molecule is CCC(C)C1C(=O)N2NCC(O)CC2C(=O)N(C)C(C(C)(C)O)C(=O)N2NCC(O)CC2C(=O)N(C)CC(=O)NC(Cc2ccccc2)C(=O)N1O. The number of hydrogen-bond acceptors (Lipinski definition) is 12. The van der Waals surface area contributed by atoms with Crippen molar-refractivity contribution in [1.82, 2.24) is 41.0 Å². The maximum atomic E-state index is 14.4. The molecular weight excluding hydrogens is 680 g/mol. The first kappa shape index (κ1) is 40.6. The molecule has 288 valence electrons. The summed E-state index contributed by atoms with van der Waals surface area (Å²) in [5, 5.41) is 48.7. The van der Waals surface area contributed by atoms with Crippen LogP contribution >= 0.6 is 0 Å². The summed E-state index contributed by atoms with van der Waals surface area (Å²) in [6.45, 7) is 5.03. The monoisotopic (exact) mass is 732 g/mol. The van der Waals surface area contributed by atoms with Crippen molar-refractivity contribution < 1.29 is 49.3 Å². The molecule has 3 heterocycles. The highest BCUT2D eigenvalue weighted by Crippen LogP contribution is 2.26. The van der Waals surface area contributed by atoms with Gasteiger partial charge in [0.2, 0.25) is 17.7 Å². The Morgan fingerprint density at radius 2 is 1.37 bits per heavy atom. The molecule has 4 rings (SSSR count). The lowest BCUT2D eigenvalue weighted by Crippen LogP contribution is -2.71. The van der Waals surface area contributed by atoms with Crippen molar-refractivity contribution in [2.24, 2.45) is 5.92 Å². The third kappa shape index (κ3) is 8.87. The standard InChI is InChI=1S/C34H52N8O10/c1-7-19(2)27-32(49)40-25(15-22(44)16-35-40)31(48)39(6)28(34(3,4)51)33(50)41-24(14-21(43)17-36-41)30(47)38(5)18-26(45)37-23(29(46)42(27)52)13-20-11-9-8-10-12-20/h8-12,19,21-25,27-28,35-36,43-44,51-52H,7,13-18H2,1-6H3,(H,37,45). The number of carbonyl (C=O) groups excluding carboxylic acids is 6. The summed E-state index contributed by atoms with van der Waals surface area (Å²) in [6.07, 6.45) is -2.54. The summed E-state index contributed by atoms with van der Waals surface area (Å²) in [5.74, 6) is -5.94. The molecule has 6 amide bonds. The minimum Gasteiger partial charge on any atom is -0.392 e. The number of amides is 6. The number of aliphatic hydroxyl groups excluding tert-OH is 2. The van der Waals surface area contributed by atoms with Crippen LogP contribution < -0.4 is 16.2 Å². The van der Waals surface area contributed by atoms with E-state index in [1.54, 1.807) is 44.2 Å². The molecule has 18 nitrogen and oxygen atoms in total. The second-order valence-electron chi connectivity index (χ2n) is 14.5. The Balaban J connectivity index is 1.86. The fourth-order valence-corrected chi connectivity index (χ4v) is 6.93. The lowest BCUT2D eigenvalue weighted by Gasteiger charge is -2.46. The van der Waals surface area contributed by atoms with Crippen LogP contribution in [-0.2, 0) is 35.2 Å². The molecule has 3 aliphatic heterocycles. The highest BCUT2D eigenvalue weighted by molar-refractivity contribution is 5.97. The van der Waals surface area contributed by atoms with Crippen molar-refractivity contribution in [1.29, 1.82) is 0 Å². The topological polar surface area (TPSA) is 236 Å². The Morgan fingerprint density at radius 3 is 1.90 bits per heavy atom. The Bertz CT molecular complexity index is 1490. The zero-order valence-electron chi connectivity index (χ0n) is 30.4. The van der Waals surface area contributed by atoms with Gasteiger partial charge in [-0.25, -0.2) is 15.9 Å². The number of hydrazine groups is 2. The van der Waals surface area contributed by atoms with Crippen LogP contribution in [0.3, 0.4) is 0 Å². The van der Waals surface area contributed by atoms with E-state index in [1.165, 1.54) is 27.9 Å². The minimum absolute atomic E-state index is 0.0963. The van der Waals surface area contributed by atoms with E-state index in [0.717, 1.165) is 19.8 Å². The largest absolute Gasteiger partial charge is 0.392 e. The second-order valence-corrected chi connectivity index (χ2v) is 14.5. The molecule has 3 saturated heterocycles. The van der Waals surface area contributed by atoms with Crippen molar-refractivity contribution in [3.8, 4) is 0 Å². The van der Waals surface area contributed by atoms with Crippen LogP contribution in [0.25, 0.3) is 0 Å². The van der Waals surface area contributed by atoms with Gasteiger partial charge in [0.1, 0.15) is 30.2 Å². The van der Waals surface area contributed by atoms with Gasteiger partial charge in [-0.2, -0.15) is 0 Å². The number of carbonyl (C=O) groups is 6. The lowest BCUT2D eigenvalue weighted by molar-refractivity contribution is -0.194. The highest BCUT2D eigenvalue weighted by Gasteiger charge is 2.50. The summed E-state index contributed by atoms with van der Waals surface area (Å²) in [4.78, 5) is 86.5. The van der Waals surface area contributed by atoms with Crippen LogP contribution in [0.1, 0.15) is 52.5 Å². The van der Waals surface area contributed by atoms with Crippen molar-refractivity contribution in [3.63, 3.8) is 0 Å². The van der Waals surface area contributed by atoms with Gasteiger partial charge in [-0.1, -0.05) is 50.6 Å². The second kappa shape index (κ2) is 16.6. The first-order chi connectivity index (χ1) is 24.4. The molecule has 3 fully saturated rings. The summed E-state index contributed by atoms with van der Waals surface area (Å²) in [6, 6.07) is 1.12. The van der Waals surface area contributed by atoms with Gasteiger partial charge in [0.25, 0.3) is 17.7 Å². The van der Waals surface area contributed by atoms with Crippen LogP contribution in [0.15, 0.2) is 30.3 Å². The Morgan fingerprint density at radius 1 is 0.827 bits per heavy atom. The average Bonchev–Trinajstić information content (AvgIpc) is 3.09. The zero-order valence-corrected chi connectivity index (χ0v) is 30.4. The maximum absolute atomic E-state index is 14.4. The zero-order chi connectivity index (χ0) is 38.7. The molecule has 0 saturated carbocycles. The molecule has 0 spiro atoms. The van der Waals surface area contributed by atoms with Gasteiger partial charge in [-0.15, -0.1) is 0 Å². The molecule has 0 aromatic heterocycles. The van der Waals surface area contributed by atoms with Crippen molar-refractivity contribution in [3.05, 3.63) is 35.9 Å². The third-order valence-electron chi connectivity index (χ3n) is 9.89. The molecule has 8 unspecified atom stereocenters. The van der Waals surface area contributed by atoms with Crippen molar-refractivity contribution >= 4 is 35.4 Å². The molecule has 0 bridgehead atoms.